The van der Waals surface area contributed by atoms with E-state index in [-0.39, 0.29) is 24.8 Å². The zero-order valence-corrected chi connectivity index (χ0v) is 20.0. The molecule has 1 amide bonds. The number of hydrogen-bond donors (Lipinski definition) is 0. The average Bonchev–Trinajstić information content (AvgIpc) is 3.44. The van der Waals surface area contributed by atoms with Gasteiger partial charge in [-0.3, -0.25) is 14.3 Å². The molecule has 5 heterocycles. The molecule has 1 spiro atoms. The van der Waals surface area contributed by atoms with Crippen LogP contribution in [0, 0.1) is 5.41 Å². The Hall–Kier alpha value is -3.27. The van der Waals surface area contributed by atoms with Crippen LogP contribution in [0.4, 0.5) is 16.2 Å². The van der Waals surface area contributed by atoms with Crippen molar-refractivity contribution >= 4 is 29.3 Å². The predicted octanol–water partition coefficient (Wildman–Crippen LogP) is 2.94. The van der Waals surface area contributed by atoms with E-state index < -0.39 is 17.6 Å². The largest absolute Gasteiger partial charge is 0.354 e. The number of nitrogens with zero attached hydrogens (tertiary/aromatic N) is 8. The molecule has 1 aromatic carbocycles. The fraction of sp³-hybridized carbons (Fsp3) is 0.458. The molecular weight excluding hydrogens is 471 g/mol. The fourth-order valence-corrected chi connectivity index (χ4v) is 5.86. The number of carbonyl (C=O) groups excluding carboxylic acids is 1. The highest BCUT2D eigenvalue weighted by Crippen LogP contribution is 2.46. The Labute approximate surface area is 206 Å². The normalized spacial score (nSPS) is 23.2. The monoisotopic (exact) mass is 494 g/mol. The van der Waals surface area contributed by atoms with Gasteiger partial charge in [0.05, 0.1) is 17.9 Å². The average molecular weight is 495 g/mol. The molecule has 9 nitrogen and oxygen atoms in total. The maximum Gasteiger partial charge on any atom is 0.261 e. The predicted molar refractivity (Wildman–Crippen MR) is 127 cm³/mol. The van der Waals surface area contributed by atoms with Gasteiger partial charge in [-0.15, -0.1) is 10.2 Å². The van der Waals surface area contributed by atoms with Crippen LogP contribution < -0.4 is 9.80 Å². The van der Waals surface area contributed by atoms with E-state index in [1.165, 1.54) is 0 Å². The van der Waals surface area contributed by atoms with Gasteiger partial charge in [-0.25, -0.2) is 9.37 Å². The molecule has 1 saturated carbocycles. The first-order valence-corrected chi connectivity index (χ1v) is 12.2. The summed E-state index contributed by atoms with van der Waals surface area (Å²) in [5.41, 5.74) is 0.173. The van der Waals surface area contributed by atoms with Crippen molar-refractivity contribution in [2.45, 2.75) is 38.0 Å². The van der Waals surface area contributed by atoms with Gasteiger partial charge in [0.1, 0.15) is 5.82 Å². The van der Waals surface area contributed by atoms with Gasteiger partial charge in [-0.2, -0.15) is 0 Å². The van der Waals surface area contributed by atoms with E-state index in [0.717, 1.165) is 49.2 Å². The van der Waals surface area contributed by atoms with Gasteiger partial charge >= 0.3 is 0 Å². The highest BCUT2D eigenvalue weighted by molar-refractivity contribution is 6.30. The van der Waals surface area contributed by atoms with Crippen molar-refractivity contribution < 1.29 is 9.18 Å². The summed E-state index contributed by atoms with van der Waals surface area (Å²) in [6.45, 7) is 5.73. The molecule has 1 unspecified atom stereocenters. The van der Waals surface area contributed by atoms with Crippen LogP contribution in [-0.4, -0.2) is 67.4 Å². The summed E-state index contributed by atoms with van der Waals surface area (Å²) < 4.78 is 16.8. The van der Waals surface area contributed by atoms with Crippen LogP contribution in [0.15, 0.2) is 36.8 Å². The highest BCUT2D eigenvalue weighted by Gasteiger charge is 2.55. The Morgan fingerprint density at radius 3 is 2.60 bits per heavy atom. The summed E-state index contributed by atoms with van der Waals surface area (Å²) in [5.74, 6) is 1.80. The molecule has 1 aliphatic carbocycles. The van der Waals surface area contributed by atoms with E-state index in [1.807, 2.05) is 29.7 Å². The van der Waals surface area contributed by atoms with Gasteiger partial charge in [-0.1, -0.05) is 11.6 Å². The summed E-state index contributed by atoms with van der Waals surface area (Å²) in [5, 5.41) is 9.62. The van der Waals surface area contributed by atoms with Gasteiger partial charge < -0.3 is 14.7 Å². The number of carbonyl (C=O) groups is 1. The first-order chi connectivity index (χ1) is 16.9. The molecule has 1 atom stereocenters. The van der Waals surface area contributed by atoms with Gasteiger partial charge in [-0.05, 0) is 43.5 Å². The SMILES string of the molecule is CC1c2nnc(N3CC4(CN(c5cnccn5)C4)C3)n2-c2ccc(Cl)cc2CN1C(=O)C1(F)CC1. The van der Waals surface area contributed by atoms with E-state index in [9.17, 15) is 9.18 Å². The van der Waals surface area contributed by atoms with Crippen molar-refractivity contribution in [2.24, 2.45) is 5.41 Å². The maximum atomic E-state index is 14.8. The van der Waals surface area contributed by atoms with Crippen LogP contribution >= 0.6 is 11.6 Å². The van der Waals surface area contributed by atoms with Crippen LogP contribution in [0.3, 0.4) is 0 Å². The molecule has 2 aromatic heterocycles. The standard InChI is InChI=1S/C24H24ClFN8O/c1-15-20-29-30-22(32-13-23(14-32)11-31(12-23)19-9-27-6-7-28-19)34(20)18-3-2-17(25)8-16(18)10-33(15)21(35)24(26)4-5-24/h2-3,6-9,15H,4-5,10-14H2,1H3. The summed E-state index contributed by atoms with van der Waals surface area (Å²) in [7, 11) is 0. The van der Waals surface area contributed by atoms with Crippen LogP contribution in [0.5, 0.6) is 0 Å². The zero-order valence-electron chi connectivity index (χ0n) is 19.2. The zero-order chi connectivity index (χ0) is 23.9. The number of alkyl halides is 1. The van der Waals surface area contributed by atoms with Gasteiger partial charge in [0, 0.05) is 55.6 Å². The van der Waals surface area contributed by atoms with Crippen LogP contribution in [0.2, 0.25) is 5.02 Å². The maximum absolute atomic E-state index is 14.8. The molecule has 35 heavy (non-hydrogen) atoms. The third-order valence-electron chi connectivity index (χ3n) is 7.73. The summed E-state index contributed by atoms with van der Waals surface area (Å²) >= 11 is 6.32. The highest BCUT2D eigenvalue weighted by atomic mass is 35.5. The summed E-state index contributed by atoms with van der Waals surface area (Å²) in [6.07, 6.45) is 5.74. The third kappa shape index (κ3) is 3.15. The van der Waals surface area contributed by atoms with Gasteiger partial charge in [0.15, 0.2) is 11.5 Å². The molecule has 180 valence electrons. The van der Waals surface area contributed by atoms with E-state index in [2.05, 4.69) is 30.0 Å². The molecule has 2 saturated heterocycles. The second-order valence-electron chi connectivity index (χ2n) is 10.3. The molecule has 0 radical (unpaired) electrons. The molecule has 3 aliphatic heterocycles. The minimum absolute atomic E-state index is 0.192. The number of hydrogen-bond acceptors (Lipinski definition) is 7. The minimum atomic E-state index is -1.76. The van der Waals surface area contributed by atoms with Crippen LogP contribution in [0.25, 0.3) is 5.69 Å². The van der Waals surface area contributed by atoms with Crippen LogP contribution in [-0.2, 0) is 11.3 Å². The number of halogens is 2. The van der Waals surface area contributed by atoms with Gasteiger partial charge in [0.2, 0.25) is 5.95 Å². The molecule has 3 aromatic rings. The Morgan fingerprint density at radius 1 is 1.11 bits per heavy atom. The molecule has 11 heteroatoms. The lowest BCUT2D eigenvalue weighted by Gasteiger charge is -2.60. The summed E-state index contributed by atoms with van der Waals surface area (Å²) in [4.78, 5) is 27.7. The van der Waals surface area contributed by atoms with Crippen molar-refractivity contribution in [3.8, 4) is 5.69 Å². The molecule has 4 aliphatic rings. The van der Waals surface area contributed by atoms with Crippen molar-refractivity contribution in [2.75, 3.05) is 36.0 Å². The first-order valence-electron chi connectivity index (χ1n) is 11.9. The number of fused-ring (bicyclic) bond motifs is 3. The lowest BCUT2D eigenvalue weighted by Crippen LogP contribution is -2.73. The Balaban J connectivity index is 1.19. The van der Waals surface area contributed by atoms with Crippen molar-refractivity contribution in [3.05, 3.63) is 53.2 Å². The topological polar surface area (TPSA) is 83.3 Å². The Morgan fingerprint density at radius 2 is 1.89 bits per heavy atom. The molecule has 3 fully saturated rings. The second kappa shape index (κ2) is 7.13. The van der Waals surface area contributed by atoms with E-state index in [4.69, 9.17) is 11.6 Å². The number of rotatable bonds is 3. The van der Waals surface area contributed by atoms with Crippen LogP contribution in [0.1, 0.15) is 37.2 Å². The molecular formula is C24H24ClFN8O. The Kier molecular flexibility index (Phi) is 4.29. The first kappa shape index (κ1) is 21.0. The number of benzene rings is 1. The van der Waals surface area contributed by atoms with Crippen molar-refractivity contribution in [1.82, 2.24) is 29.6 Å². The quantitative estimate of drug-likeness (QED) is 0.553. The minimum Gasteiger partial charge on any atom is -0.354 e. The summed E-state index contributed by atoms with van der Waals surface area (Å²) in [6, 6.07) is 5.19. The van der Waals surface area contributed by atoms with Crippen molar-refractivity contribution in [1.29, 1.82) is 0 Å². The molecule has 7 rings (SSSR count). The number of amides is 1. The van der Waals surface area contributed by atoms with E-state index in [1.54, 1.807) is 23.5 Å². The molecule has 0 N–H and O–H groups in total. The number of anilines is 2. The second-order valence-corrected chi connectivity index (χ2v) is 10.8. The van der Waals surface area contributed by atoms with Gasteiger partial charge in [0.25, 0.3) is 5.91 Å². The fourth-order valence-electron chi connectivity index (χ4n) is 5.67. The third-order valence-corrected chi connectivity index (χ3v) is 7.97. The van der Waals surface area contributed by atoms with Crippen molar-refractivity contribution in [3.63, 3.8) is 0 Å². The molecule has 0 bridgehead atoms. The lowest BCUT2D eigenvalue weighted by molar-refractivity contribution is -0.141. The van der Waals surface area contributed by atoms with E-state index >= 15 is 0 Å². The van der Waals surface area contributed by atoms with E-state index in [0.29, 0.717) is 10.8 Å². The number of aromatic nitrogens is 5. The Bertz CT molecular complexity index is 1330. The lowest BCUT2D eigenvalue weighted by atomic mass is 9.73. The smallest absolute Gasteiger partial charge is 0.261 e.